The van der Waals surface area contributed by atoms with Crippen molar-refractivity contribution in [3.05, 3.63) is 77.4 Å². The molecule has 3 aromatic rings. The van der Waals surface area contributed by atoms with E-state index in [-0.39, 0.29) is 11.9 Å². The van der Waals surface area contributed by atoms with Gasteiger partial charge in [-0.05, 0) is 49.4 Å². The minimum absolute atomic E-state index is 0.118. The predicted octanol–water partition coefficient (Wildman–Crippen LogP) is 4.30. The Morgan fingerprint density at radius 1 is 1.17 bits per heavy atom. The van der Waals surface area contributed by atoms with E-state index >= 15 is 0 Å². The van der Waals surface area contributed by atoms with Crippen molar-refractivity contribution < 1.29 is 14.1 Å². The van der Waals surface area contributed by atoms with Crippen LogP contribution in [0.3, 0.4) is 0 Å². The third-order valence-corrected chi connectivity index (χ3v) is 5.40. The molecule has 0 spiro atoms. The van der Waals surface area contributed by atoms with E-state index in [1.54, 1.807) is 0 Å². The number of hydrogen-bond donors (Lipinski definition) is 0. The standard InChI is InChI=1S/C24H27N3O3/c1-18-7-5-10-20(17-18)29-16-14-22-25-24(30-26-22)21-11-6-15-27(21)23(28)13-12-19-8-3-2-4-9-19/h2-5,7-10,17,21H,6,11-16H2,1H3. The van der Waals surface area contributed by atoms with Gasteiger partial charge in [-0.15, -0.1) is 0 Å². The number of aryl methyl sites for hydroxylation is 2. The number of ether oxygens (including phenoxy) is 1. The van der Waals surface area contributed by atoms with Crippen molar-refractivity contribution in [1.82, 2.24) is 15.0 Å². The molecule has 0 radical (unpaired) electrons. The van der Waals surface area contributed by atoms with Crippen molar-refractivity contribution in [1.29, 1.82) is 0 Å². The second-order valence-corrected chi connectivity index (χ2v) is 7.69. The molecular weight excluding hydrogens is 378 g/mol. The Bertz CT molecular complexity index is 971. The highest BCUT2D eigenvalue weighted by molar-refractivity contribution is 5.77. The number of amides is 1. The van der Waals surface area contributed by atoms with Gasteiger partial charge in [-0.25, -0.2) is 0 Å². The van der Waals surface area contributed by atoms with Gasteiger partial charge in [0.05, 0.1) is 6.61 Å². The van der Waals surface area contributed by atoms with Crippen molar-refractivity contribution in [3.63, 3.8) is 0 Å². The molecule has 156 valence electrons. The highest BCUT2D eigenvalue weighted by atomic mass is 16.5. The van der Waals surface area contributed by atoms with Crippen LogP contribution in [0.4, 0.5) is 0 Å². The van der Waals surface area contributed by atoms with Gasteiger partial charge in [0.25, 0.3) is 0 Å². The molecule has 1 aliphatic heterocycles. The summed E-state index contributed by atoms with van der Waals surface area (Å²) < 4.78 is 11.3. The first kappa shape index (κ1) is 20.1. The van der Waals surface area contributed by atoms with Crippen LogP contribution < -0.4 is 4.74 Å². The summed E-state index contributed by atoms with van der Waals surface area (Å²) in [6.45, 7) is 3.26. The van der Waals surface area contributed by atoms with Gasteiger partial charge in [0.2, 0.25) is 11.8 Å². The largest absolute Gasteiger partial charge is 0.493 e. The fourth-order valence-corrected chi connectivity index (χ4v) is 3.83. The molecule has 0 N–H and O–H groups in total. The molecule has 1 atom stereocenters. The van der Waals surface area contributed by atoms with Crippen LogP contribution in [0.2, 0.25) is 0 Å². The lowest BCUT2D eigenvalue weighted by Crippen LogP contribution is -2.30. The molecule has 0 bridgehead atoms. The molecule has 6 heteroatoms. The van der Waals surface area contributed by atoms with Gasteiger partial charge in [-0.1, -0.05) is 47.6 Å². The zero-order valence-corrected chi connectivity index (χ0v) is 17.3. The number of benzene rings is 2. The highest BCUT2D eigenvalue weighted by Gasteiger charge is 2.33. The second kappa shape index (κ2) is 9.57. The van der Waals surface area contributed by atoms with Gasteiger partial charge < -0.3 is 14.2 Å². The van der Waals surface area contributed by atoms with Crippen molar-refractivity contribution in [3.8, 4) is 5.75 Å². The maximum atomic E-state index is 12.8. The SMILES string of the molecule is Cc1cccc(OCCc2noc(C3CCCN3C(=O)CCc3ccccc3)n2)c1. The first-order chi connectivity index (χ1) is 14.7. The van der Waals surface area contributed by atoms with E-state index in [9.17, 15) is 4.79 Å². The lowest BCUT2D eigenvalue weighted by molar-refractivity contribution is -0.132. The monoisotopic (exact) mass is 405 g/mol. The summed E-state index contributed by atoms with van der Waals surface area (Å²) in [4.78, 5) is 19.2. The van der Waals surface area contributed by atoms with Gasteiger partial charge in [0, 0.05) is 19.4 Å². The molecule has 1 amide bonds. The van der Waals surface area contributed by atoms with Crippen molar-refractivity contribution in [2.75, 3.05) is 13.2 Å². The summed E-state index contributed by atoms with van der Waals surface area (Å²) in [6, 6.07) is 17.9. The third kappa shape index (κ3) is 5.06. The van der Waals surface area contributed by atoms with E-state index in [2.05, 4.69) is 22.3 Å². The molecule has 0 aliphatic carbocycles. The van der Waals surface area contributed by atoms with Gasteiger partial charge in [-0.3, -0.25) is 4.79 Å². The smallest absolute Gasteiger partial charge is 0.249 e. The molecule has 30 heavy (non-hydrogen) atoms. The number of rotatable bonds is 8. The van der Waals surface area contributed by atoms with Crippen LogP contribution in [0, 0.1) is 6.92 Å². The average molecular weight is 405 g/mol. The van der Waals surface area contributed by atoms with Crippen LogP contribution >= 0.6 is 0 Å². The van der Waals surface area contributed by atoms with E-state index in [1.807, 2.05) is 54.3 Å². The Labute approximate surface area is 176 Å². The lowest BCUT2D eigenvalue weighted by Gasteiger charge is -2.21. The molecule has 2 heterocycles. The molecule has 2 aromatic carbocycles. The minimum atomic E-state index is -0.118. The summed E-state index contributed by atoms with van der Waals surface area (Å²) in [5.41, 5.74) is 2.34. The van der Waals surface area contributed by atoms with Crippen LogP contribution in [0.15, 0.2) is 59.1 Å². The maximum Gasteiger partial charge on any atom is 0.249 e. The summed E-state index contributed by atoms with van der Waals surface area (Å²) in [7, 11) is 0. The Morgan fingerprint density at radius 3 is 2.87 bits per heavy atom. The number of carbonyl (C=O) groups is 1. The minimum Gasteiger partial charge on any atom is -0.493 e. The number of likely N-dealkylation sites (tertiary alicyclic amines) is 1. The van der Waals surface area contributed by atoms with E-state index in [1.165, 1.54) is 5.56 Å². The topological polar surface area (TPSA) is 68.5 Å². The molecule has 4 rings (SSSR count). The predicted molar refractivity (Wildman–Crippen MR) is 113 cm³/mol. The van der Waals surface area contributed by atoms with Gasteiger partial charge in [-0.2, -0.15) is 4.98 Å². The van der Waals surface area contributed by atoms with Gasteiger partial charge in [0.15, 0.2) is 5.82 Å². The fourth-order valence-electron chi connectivity index (χ4n) is 3.83. The van der Waals surface area contributed by atoms with Gasteiger partial charge in [0.1, 0.15) is 11.8 Å². The van der Waals surface area contributed by atoms with E-state index < -0.39 is 0 Å². The highest BCUT2D eigenvalue weighted by Crippen LogP contribution is 2.31. The van der Waals surface area contributed by atoms with E-state index in [0.29, 0.717) is 31.2 Å². The number of aromatic nitrogens is 2. The normalized spacial score (nSPS) is 16.0. The first-order valence-electron chi connectivity index (χ1n) is 10.5. The van der Waals surface area contributed by atoms with E-state index in [4.69, 9.17) is 9.26 Å². The molecule has 1 saturated heterocycles. The van der Waals surface area contributed by atoms with Crippen LogP contribution in [-0.4, -0.2) is 34.1 Å². The zero-order chi connectivity index (χ0) is 20.8. The van der Waals surface area contributed by atoms with Gasteiger partial charge >= 0.3 is 0 Å². The van der Waals surface area contributed by atoms with Crippen molar-refractivity contribution >= 4 is 5.91 Å². The molecular formula is C24H27N3O3. The molecule has 6 nitrogen and oxygen atoms in total. The fraction of sp³-hybridized carbons (Fsp3) is 0.375. The Morgan fingerprint density at radius 2 is 2.03 bits per heavy atom. The number of nitrogens with zero attached hydrogens (tertiary/aromatic N) is 3. The number of carbonyl (C=O) groups excluding carboxylic acids is 1. The molecule has 1 aromatic heterocycles. The van der Waals surface area contributed by atoms with Crippen LogP contribution in [-0.2, 0) is 17.6 Å². The summed E-state index contributed by atoms with van der Waals surface area (Å²) in [6.07, 6.45) is 3.61. The van der Waals surface area contributed by atoms with Crippen LogP contribution in [0.5, 0.6) is 5.75 Å². The number of hydrogen-bond acceptors (Lipinski definition) is 5. The summed E-state index contributed by atoms with van der Waals surface area (Å²) in [5.74, 6) is 2.13. The van der Waals surface area contributed by atoms with Crippen molar-refractivity contribution in [2.45, 2.75) is 45.1 Å². The average Bonchev–Trinajstić information content (AvgIpc) is 3.42. The summed E-state index contributed by atoms with van der Waals surface area (Å²) in [5, 5.41) is 4.09. The second-order valence-electron chi connectivity index (χ2n) is 7.69. The maximum absolute atomic E-state index is 12.8. The summed E-state index contributed by atoms with van der Waals surface area (Å²) >= 11 is 0. The molecule has 1 aliphatic rings. The zero-order valence-electron chi connectivity index (χ0n) is 17.3. The Hall–Kier alpha value is -3.15. The third-order valence-electron chi connectivity index (χ3n) is 5.40. The Kier molecular flexibility index (Phi) is 6.42. The molecule has 0 saturated carbocycles. The lowest BCUT2D eigenvalue weighted by atomic mass is 10.1. The first-order valence-corrected chi connectivity index (χ1v) is 10.5. The molecule has 1 fully saturated rings. The van der Waals surface area contributed by atoms with Crippen molar-refractivity contribution in [2.24, 2.45) is 0 Å². The van der Waals surface area contributed by atoms with Crippen LogP contribution in [0.25, 0.3) is 0 Å². The van der Waals surface area contributed by atoms with E-state index in [0.717, 1.165) is 37.1 Å². The van der Waals surface area contributed by atoms with Crippen LogP contribution in [0.1, 0.15) is 48.1 Å². The quantitative estimate of drug-likeness (QED) is 0.559. The molecule has 1 unspecified atom stereocenters. The Balaban J connectivity index is 1.30.